The van der Waals surface area contributed by atoms with Gasteiger partial charge in [-0.05, 0) is 24.8 Å². The largest absolute Gasteiger partial charge is 0.481 e. The molecule has 0 spiro atoms. The molecule has 0 heterocycles. The van der Waals surface area contributed by atoms with Crippen molar-refractivity contribution in [2.24, 2.45) is 5.92 Å². The van der Waals surface area contributed by atoms with Crippen molar-refractivity contribution in [1.29, 1.82) is 0 Å². The predicted molar refractivity (Wildman–Crippen MR) is 112 cm³/mol. The van der Waals surface area contributed by atoms with E-state index >= 15 is 0 Å². The summed E-state index contributed by atoms with van der Waals surface area (Å²) in [6.45, 7) is 2.27. The van der Waals surface area contributed by atoms with E-state index in [0.29, 0.717) is 0 Å². The maximum absolute atomic E-state index is 11.5. The summed E-state index contributed by atoms with van der Waals surface area (Å²) in [5, 5.41) is 9.43. The van der Waals surface area contributed by atoms with Crippen molar-refractivity contribution < 1.29 is 9.90 Å². The number of carboxylic acids is 1. The van der Waals surface area contributed by atoms with E-state index in [1.165, 1.54) is 76.2 Å². The Balaban J connectivity index is 1.98. The SMILES string of the molecule is CCCCCCCCCCCCCCC(CCc1ccccc1)C(=O)O. The van der Waals surface area contributed by atoms with E-state index in [1.807, 2.05) is 18.2 Å². The quantitative estimate of drug-likeness (QED) is 0.294. The van der Waals surface area contributed by atoms with Crippen molar-refractivity contribution >= 4 is 5.97 Å². The van der Waals surface area contributed by atoms with Crippen molar-refractivity contribution in [3.63, 3.8) is 0 Å². The Morgan fingerprint density at radius 1 is 0.769 bits per heavy atom. The van der Waals surface area contributed by atoms with Crippen molar-refractivity contribution in [3.05, 3.63) is 35.9 Å². The van der Waals surface area contributed by atoms with Crippen molar-refractivity contribution in [2.75, 3.05) is 0 Å². The van der Waals surface area contributed by atoms with Gasteiger partial charge in [-0.1, -0.05) is 114 Å². The van der Waals surface area contributed by atoms with Gasteiger partial charge in [0.05, 0.1) is 5.92 Å². The molecular formula is C24H40O2. The molecule has 26 heavy (non-hydrogen) atoms. The van der Waals surface area contributed by atoms with E-state index in [9.17, 15) is 9.90 Å². The minimum Gasteiger partial charge on any atom is -0.481 e. The van der Waals surface area contributed by atoms with Crippen molar-refractivity contribution in [2.45, 2.75) is 103 Å². The van der Waals surface area contributed by atoms with Crippen LogP contribution in [0.25, 0.3) is 0 Å². The average molecular weight is 361 g/mol. The fraction of sp³-hybridized carbons (Fsp3) is 0.708. The summed E-state index contributed by atoms with van der Waals surface area (Å²) in [5.41, 5.74) is 1.24. The van der Waals surface area contributed by atoms with Crippen LogP contribution in [0.5, 0.6) is 0 Å². The Morgan fingerprint density at radius 2 is 1.27 bits per heavy atom. The first-order valence-corrected chi connectivity index (χ1v) is 11.0. The van der Waals surface area contributed by atoms with Crippen LogP contribution in [0.4, 0.5) is 0 Å². The number of unbranched alkanes of at least 4 members (excludes halogenated alkanes) is 11. The molecule has 0 saturated carbocycles. The van der Waals surface area contributed by atoms with Gasteiger partial charge in [0.25, 0.3) is 0 Å². The maximum atomic E-state index is 11.5. The molecule has 1 aromatic carbocycles. The highest BCUT2D eigenvalue weighted by Crippen LogP contribution is 2.19. The third-order valence-electron chi connectivity index (χ3n) is 5.38. The number of carboxylic acid groups (broad SMARTS) is 1. The lowest BCUT2D eigenvalue weighted by Crippen LogP contribution is -2.14. The maximum Gasteiger partial charge on any atom is 0.306 e. The summed E-state index contributed by atoms with van der Waals surface area (Å²) >= 11 is 0. The summed E-state index contributed by atoms with van der Waals surface area (Å²) in [5.74, 6) is -0.803. The minimum absolute atomic E-state index is 0.182. The number of rotatable bonds is 17. The Morgan fingerprint density at radius 3 is 1.77 bits per heavy atom. The van der Waals surface area contributed by atoms with Gasteiger partial charge in [-0.2, -0.15) is 0 Å². The molecule has 0 amide bonds. The third-order valence-corrected chi connectivity index (χ3v) is 5.38. The molecule has 0 aromatic heterocycles. The zero-order valence-electron chi connectivity index (χ0n) is 16.9. The Hall–Kier alpha value is -1.31. The second-order valence-electron chi connectivity index (χ2n) is 7.74. The lowest BCUT2D eigenvalue weighted by molar-refractivity contribution is -0.142. The average Bonchev–Trinajstić information content (AvgIpc) is 2.65. The van der Waals surface area contributed by atoms with Crippen LogP contribution in [0.15, 0.2) is 30.3 Å². The van der Waals surface area contributed by atoms with Crippen molar-refractivity contribution in [1.82, 2.24) is 0 Å². The van der Waals surface area contributed by atoms with Gasteiger partial charge < -0.3 is 5.11 Å². The van der Waals surface area contributed by atoms with Gasteiger partial charge in [0.15, 0.2) is 0 Å². The molecule has 148 valence electrons. The van der Waals surface area contributed by atoms with Crippen LogP contribution in [0.2, 0.25) is 0 Å². The van der Waals surface area contributed by atoms with Gasteiger partial charge >= 0.3 is 5.97 Å². The molecule has 1 atom stereocenters. The molecule has 2 heteroatoms. The number of carbonyl (C=O) groups is 1. The highest BCUT2D eigenvalue weighted by Gasteiger charge is 2.16. The standard InChI is InChI=1S/C24H40O2/c1-2-3-4-5-6-7-8-9-10-11-12-16-19-23(24(25)26)21-20-22-17-14-13-15-18-22/h13-15,17-18,23H,2-12,16,19-21H2,1H3,(H,25,26). The summed E-state index contributed by atoms with van der Waals surface area (Å²) in [6, 6.07) is 10.2. The van der Waals surface area contributed by atoms with Crippen LogP contribution in [0, 0.1) is 5.92 Å². The number of hydrogen-bond acceptors (Lipinski definition) is 1. The van der Waals surface area contributed by atoms with Gasteiger partial charge in [0.1, 0.15) is 0 Å². The summed E-state index contributed by atoms with van der Waals surface area (Å²) in [6.07, 6.45) is 18.4. The Kier molecular flexibility index (Phi) is 13.9. The first-order valence-electron chi connectivity index (χ1n) is 11.0. The van der Waals surface area contributed by atoms with Crippen LogP contribution >= 0.6 is 0 Å². The minimum atomic E-state index is -0.621. The smallest absolute Gasteiger partial charge is 0.306 e. The molecule has 0 saturated heterocycles. The van der Waals surface area contributed by atoms with E-state index < -0.39 is 5.97 Å². The molecule has 0 aliphatic rings. The predicted octanol–water partition coefficient (Wildman–Crippen LogP) is 7.41. The number of benzene rings is 1. The molecule has 0 aliphatic heterocycles. The summed E-state index contributed by atoms with van der Waals surface area (Å²) in [4.78, 5) is 11.5. The second kappa shape index (κ2) is 15.9. The molecule has 1 rings (SSSR count). The van der Waals surface area contributed by atoms with Gasteiger partial charge in [0, 0.05) is 0 Å². The van der Waals surface area contributed by atoms with Crippen LogP contribution in [-0.4, -0.2) is 11.1 Å². The zero-order valence-corrected chi connectivity index (χ0v) is 16.9. The van der Waals surface area contributed by atoms with E-state index in [4.69, 9.17) is 0 Å². The van der Waals surface area contributed by atoms with E-state index in [2.05, 4.69) is 19.1 Å². The van der Waals surface area contributed by atoms with Crippen LogP contribution in [0.1, 0.15) is 102 Å². The van der Waals surface area contributed by atoms with Gasteiger partial charge in [-0.25, -0.2) is 0 Å². The topological polar surface area (TPSA) is 37.3 Å². The molecule has 1 unspecified atom stereocenters. The first kappa shape index (κ1) is 22.7. The summed E-state index contributed by atoms with van der Waals surface area (Å²) in [7, 11) is 0. The van der Waals surface area contributed by atoms with Crippen LogP contribution in [0.3, 0.4) is 0 Å². The Labute approximate surface area is 161 Å². The zero-order chi connectivity index (χ0) is 18.9. The molecule has 2 nitrogen and oxygen atoms in total. The monoisotopic (exact) mass is 360 g/mol. The number of aliphatic carboxylic acids is 1. The molecule has 0 bridgehead atoms. The normalized spacial score (nSPS) is 12.2. The first-order chi connectivity index (χ1) is 12.7. The van der Waals surface area contributed by atoms with Crippen molar-refractivity contribution in [3.8, 4) is 0 Å². The van der Waals surface area contributed by atoms with E-state index in [0.717, 1.165) is 25.7 Å². The highest BCUT2D eigenvalue weighted by molar-refractivity contribution is 5.69. The number of hydrogen-bond donors (Lipinski definition) is 1. The Bertz CT molecular complexity index is 441. The molecule has 0 aliphatic carbocycles. The van der Waals surface area contributed by atoms with E-state index in [1.54, 1.807) is 0 Å². The van der Waals surface area contributed by atoms with Gasteiger partial charge in [0.2, 0.25) is 0 Å². The fourth-order valence-corrected chi connectivity index (χ4v) is 3.61. The second-order valence-corrected chi connectivity index (χ2v) is 7.74. The van der Waals surface area contributed by atoms with Gasteiger partial charge in [-0.15, -0.1) is 0 Å². The molecule has 0 radical (unpaired) electrons. The lowest BCUT2D eigenvalue weighted by atomic mass is 9.93. The molecule has 1 N–H and O–H groups in total. The van der Waals surface area contributed by atoms with Crippen LogP contribution < -0.4 is 0 Å². The fourth-order valence-electron chi connectivity index (χ4n) is 3.61. The van der Waals surface area contributed by atoms with E-state index in [-0.39, 0.29) is 5.92 Å². The third kappa shape index (κ3) is 12.1. The van der Waals surface area contributed by atoms with Crippen LogP contribution in [-0.2, 0) is 11.2 Å². The molecule has 1 aromatic rings. The molecular weight excluding hydrogens is 320 g/mol. The van der Waals surface area contributed by atoms with Gasteiger partial charge in [-0.3, -0.25) is 4.79 Å². The highest BCUT2D eigenvalue weighted by atomic mass is 16.4. The number of aryl methyl sites for hydroxylation is 1. The lowest BCUT2D eigenvalue weighted by Gasteiger charge is -2.12. The molecule has 0 fully saturated rings. The summed E-state index contributed by atoms with van der Waals surface area (Å²) < 4.78 is 0.